The van der Waals surface area contributed by atoms with Crippen LogP contribution in [0.4, 0.5) is 0 Å². The Balaban J connectivity index is 1.26. The minimum absolute atomic E-state index is 0.160. The van der Waals surface area contributed by atoms with Gasteiger partial charge in [0.25, 0.3) is 0 Å². The van der Waals surface area contributed by atoms with Gasteiger partial charge >= 0.3 is 0 Å². The van der Waals surface area contributed by atoms with E-state index in [-0.39, 0.29) is 5.91 Å². The van der Waals surface area contributed by atoms with Gasteiger partial charge in [0.2, 0.25) is 17.6 Å². The molecule has 1 aliphatic heterocycles. The van der Waals surface area contributed by atoms with Crippen LogP contribution in [0.5, 0.6) is 0 Å². The second-order valence-electron chi connectivity index (χ2n) is 8.78. The number of aryl methyl sites for hydroxylation is 1. The Kier molecular flexibility index (Phi) is 7.32. The lowest BCUT2D eigenvalue weighted by atomic mass is 10.0. The number of carbonyl (C=O) groups excluding carboxylic acids is 1. The van der Waals surface area contributed by atoms with Crippen LogP contribution in [0, 0.1) is 0 Å². The molecule has 1 saturated heterocycles. The molecule has 4 rings (SSSR count). The smallest absolute Gasteiger partial charge is 0.227 e. The van der Waals surface area contributed by atoms with Crippen LogP contribution >= 0.6 is 0 Å². The summed E-state index contributed by atoms with van der Waals surface area (Å²) in [5.74, 6) is 1.74. The zero-order valence-electron chi connectivity index (χ0n) is 19.0. The molecule has 0 atom stereocenters. The second-order valence-corrected chi connectivity index (χ2v) is 8.78. The molecule has 0 spiro atoms. The van der Waals surface area contributed by atoms with Crippen molar-refractivity contribution in [2.45, 2.75) is 45.6 Å². The van der Waals surface area contributed by atoms with Crippen molar-refractivity contribution in [2.75, 3.05) is 26.2 Å². The van der Waals surface area contributed by atoms with E-state index >= 15 is 0 Å². The van der Waals surface area contributed by atoms with Crippen LogP contribution in [0.3, 0.4) is 0 Å². The molecule has 3 aromatic rings. The molecule has 32 heavy (non-hydrogen) atoms. The lowest BCUT2D eigenvalue weighted by Crippen LogP contribution is -2.35. The summed E-state index contributed by atoms with van der Waals surface area (Å²) in [5, 5.41) is 4.10. The SMILES string of the molecule is CC(C)c1ccc(-c2noc(CCC(=O)N3CCCN(Cc4ccccc4)CC3)n2)cc1. The fourth-order valence-corrected chi connectivity index (χ4v) is 4.08. The molecule has 0 aliphatic carbocycles. The van der Waals surface area contributed by atoms with Crippen molar-refractivity contribution >= 4 is 5.91 Å². The first-order valence-electron chi connectivity index (χ1n) is 11.6. The lowest BCUT2D eigenvalue weighted by Gasteiger charge is -2.22. The number of hydrogen-bond acceptors (Lipinski definition) is 5. The van der Waals surface area contributed by atoms with Crippen LogP contribution < -0.4 is 0 Å². The highest BCUT2D eigenvalue weighted by Gasteiger charge is 2.20. The molecule has 2 heterocycles. The van der Waals surface area contributed by atoms with Crippen molar-refractivity contribution in [2.24, 2.45) is 0 Å². The van der Waals surface area contributed by atoms with Crippen LogP contribution in [0.1, 0.15) is 49.6 Å². The van der Waals surface area contributed by atoms with Crippen LogP contribution in [0.15, 0.2) is 59.1 Å². The molecule has 6 nitrogen and oxygen atoms in total. The van der Waals surface area contributed by atoms with Crippen molar-refractivity contribution in [1.82, 2.24) is 19.9 Å². The van der Waals surface area contributed by atoms with Crippen LogP contribution in [0.25, 0.3) is 11.4 Å². The Labute approximate surface area is 190 Å². The Hall–Kier alpha value is -2.99. The summed E-state index contributed by atoms with van der Waals surface area (Å²) in [6.07, 6.45) is 1.86. The van der Waals surface area contributed by atoms with Crippen LogP contribution in [-0.4, -0.2) is 52.0 Å². The van der Waals surface area contributed by atoms with Gasteiger partial charge in [-0.3, -0.25) is 9.69 Å². The van der Waals surface area contributed by atoms with E-state index < -0.39 is 0 Å². The molecule has 168 valence electrons. The van der Waals surface area contributed by atoms with E-state index in [4.69, 9.17) is 4.52 Å². The number of benzene rings is 2. The first-order chi connectivity index (χ1) is 15.6. The highest BCUT2D eigenvalue weighted by molar-refractivity contribution is 5.76. The zero-order valence-corrected chi connectivity index (χ0v) is 19.0. The Morgan fingerprint density at radius 1 is 1.00 bits per heavy atom. The second kappa shape index (κ2) is 10.6. The van der Waals surface area contributed by atoms with E-state index in [0.29, 0.717) is 30.5 Å². The first-order valence-corrected chi connectivity index (χ1v) is 11.6. The van der Waals surface area contributed by atoms with E-state index in [0.717, 1.165) is 44.7 Å². The van der Waals surface area contributed by atoms with Gasteiger partial charge in [-0.05, 0) is 23.5 Å². The topological polar surface area (TPSA) is 62.5 Å². The molecule has 1 amide bonds. The van der Waals surface area contributed by atoms with Crippen LogP contribution in [0.2, 0.25) is 0 Å². The molecular weight excluding hydrogens is 400 g/mol. The van der Waals surface area contributed by atoms with Gasteiger partial charge in [-0.1, -0.05) is 73.6 Å². The number of aromatic nitrogens is 2. The highest BCUT2D eigenvalue weighted by atomic mass is 16.5. The molecule has 0 bridgehead atoms. The fraction of sp³-hybridized carbons (Fsp3) is 0.423. The molecule has 6 heteroatoms. The van der Waals surface area contributed by atoms with Gasteiger partial charge in [0, 0.05) is 51.1 Å². The van der Waals surface area contributed by atoms with E-state index in [1.807, 2.05) is 23.1 Å². The standard InChI is InChI=1S/C26H32N4O2/c1-20(2)22-9-11-23(12-10-22)26-27-24(32-28-26)13-14-25(31)30-16-6-15-29(17-18-30)19-21-7-4-3-5-8-21/h3-5,7-12,20H,6,13-19H2,1-2H3. The summed E-state index contributed by atoms with van der Waals surface area (Å²) in [6.45, 7) is 8.77. The normalized spacial score (nSPS) is 15.2. The third-order valence-electron chi connectivity index (χ3n) is 6.05. The fourth-order valence-electron chi connectivity index (χ4n) is 4.08. The summed E-state index contributed by atoms with van der Waals surface area (Å²) in [7, 11) is 0. The van der Waals surface area contributed by atoms with Gasteiger partial charge in [0.05, 0.1) is 0 Å². The van der Waals surface area contributed by atoms with Crippen molar-refractivity contribution < 1.29 is 9.32 Å². The van der Waals surface area contributed by atoms with Crippen molar-refractivity contribution in [3.8, 4) is 11.4 Å². The zero-order chi connectivity index (χ0) is 22.3. The third kappa shape index (κ3) is 5.82. The Morgan fingerprint density at radius 2 is 1.78 bits per heavy atom. The van der Waals surface area contributed by atoms with Gasteiger partial charge in [-0.15, -0.1) is 0 Å². The highest BCUT2D eigenvalue weighted by Crippen LogP contribution is 2.21. The number of amides is 1. The average molecular weight is 433 g/mol. The quantitative estimate of drug-likeness (QED) is 0.549. The third-order valence-corrected chi connectivity index (χ3v) is 6.05. The molecule has 1 aliphatic rings. The minimum atomic E-state index is 0.160. The molecule has 0 unspecified atom stereocenters. The monoisotopic (exact) mass is 432 g/mol. The predicted octanol–water partition coefficient (Wildman–Crippen LogP) is 4.53. The van der Waals surface area contributed by atoms with Gasteiger partial charge in [0.15, 0.2) is 0 Å². The van der Waals surface area contributed by atoms with Crippen molar-refractivity contribution in [3.05, 3.63) is 71.6 Å². The van der Waals surface area contributed by atoms with Gasteiger partial charge in [0.1, 0.15) is 0 Å². The maximum absolute atomic E-state index is 12.8. The van der Waals surface area contributed by atoms with Gasteiger partial charge in [-0.2, -0.15) is 4.98 Å². The van der Waals surface area contributed by atoms with E-state index in [2.05, 4.69) is 65.3 Å². The molecule has 0 saturated carbocycles. The van der Waals surface area contributed by atoms with Crippen molar-refractivity contribution in [3.63, 3.8) is 0 Å². The maximum atomic E-state index is 12.8. The van der Waals surface area contributed by atoms with Gasteiger partial charge in [-0.25, -0.2) is 0 Å². The van der Waals surface area contributed by atoms with Crippen LogP contribution in [-0.2, 0) is 17.8 Å². The van der Waals surface area contributed by atoms with E-state index in [1.54, 1.807) is 0 Å². The van der Waals surface area contributed by atoms with E-state index in [9.17, 15) is 4.79 Å². The maximum Gasteiger partial charge on any atom is 0.227 e. The average Bonchev–Trinajstić information content (AvgIpc) is 3.17. The van der Waals surface area contributed by atoms with Gasteiger partial charge < -0.3 is 9.42 Å². The molecule has 1 fully saturated rings. The minimum Gasteiger partial charge on any atom is -0.341 e. The largest absolute Gasteiger partial charge is 0.341 e. The molecule has 1 aromatic heterocycles. The summed E-state index contributed by atoms with van der Waals surface area (Å²) < 4.78 is 5.40. The summed E-state index contributed by atoms with van der Waals surface area (Å²) in [5.41, 5.74) is 3.53. The molecular formula is C26H32N4O2. The summed E-state index contributed by atoms with van der Waals surface area (Å²) >= 11 is 0. The Bertz CT molecular complexity index is 998. The number of hydrogen-bond donors (Lipinski definition) is 0. The number of carbonyl (C=O) groups is 1. The number of nitrogens with zero attached hydrogens (tertiary/aromatic N) is 4. The summed E-state index contributed by atoms with van der Waals surface area (Å²) in [6, 6.07) is 18.7. The predicted molar refractivity (Wildman–Crippen MR) is 125 cm³/mol. The number of rotatable bonds is 7. The Morgan fingerprint density at radius 3 is 2.53 bits per heavy atom. The lowest BCUT2D eigenvalue weighted by molar-refractivity contribution is -0.131. The van der Waals surface area contributed by atoms with E-state index in [1.165, 1.54) is 11.1 Å². The van der Waals surface area contributed by atoms with Crippen molar-refractivity contribution in [1.29, 1.82) is 0 Å². The summed E-state index contributed by atoms with van der Waals surface area (Å²) in [4.78, 5) is 21.7. The molecule has 0 N–H and O–H groups in total. The first kappa shape index (κ1) is 22.2. The molecule has 2 aromatic carbocycles. The molecule has 0 radical (unpaired) electrons.